The first kappa shape index (κ1) is 19.4. The van der Waals surface area contributed by atoms with E-state index in [2.05, 4.69) is 10.9 Å². The van der Waals surface area contributed by atoms with E-state index >= 15 is 0 Å². The van der Waals surface area contributed by atoms with Crippen LogP contribution in [-0.4, -0.2) is 17.6 Å². The number of nitrogens with one attached hydrogen (secondary N) is 2. The summed E-state index contributed by atoms with van der Waals surface area (Å²) in [5.41, 5.74) is 2.76. The van der Waals surface area contributed by atoms with Crippen molar-refractivity contribution in [1.29, 1.82) is 0 Å². The molecule has 3 N–H and O–H groups in total. The molecule has 0 aliphatic heterocycles. The maximum Gasteiger partial charge on any atom is 0.416 e. The Labute approximate surface area is 134 Å². The van der Waals surface area contributed by atoms with E-state index in [1.54, 1.807) is 0 Å². The highest BCUT2D eigenvalue weighted by molar-refractivity contribution is 5.75. The number of halogens is 3. The van der Waals surface area contributed by atoms with Gasteiger partial charge >= 0.3 is 6.18 Å². The Balaban J connectivity index is 2.61. The van der Waals surface area contributed by atoms with Crippen LogP contribution in [0.1, 0.15) is 44.7 Å². The average Bonchev–Trinajstić information content (AvgIpc) is 2.44. The number of amides is 1. The summed E-state index contributed by atoms with van der Waals surface area (Å²) in [7, 11) is 0. The second-order valence-corrected chi connectivity index (χ2v) is 6.19. The third-order valence-electron chi connectivity index (χ3n) is 3.42. The zero-order chi connectivity index (χ0) is 17.7. The number of hydrogen-bond acceptors (Lipinski definition) is 3. The summed E-state index contributed by atoms with van der Waals surface area (Å²) in [6.45, 7) is 5.27. The summed E-state index contributed by atoms with van der Waals surface area (Å²) in [5.74, 6) is 0.174. The molecule has 1 unspecified atom stereocenters. The van der Waals surface area contributed by atoms with E-state index in [4.69, 9.17) is 0 Å². The van der Waals surface area contributed by atoms with Crippen molar-refractivity contribution in [3.05, 3.63) is 35.4 Å². The van der Waals surface area contributed by atoms with Crippen LogP contribution in [0.4, 0.5) is 13.2 Å². The first-order valence-electron chi connectivity index (χ1n) is 7.44. The molecular formula is C16H23F3N2O2. The van der Waals surface area contributed by atoms with Crippen LogP contribution in [0.3, 0.4) is 0 Å². The van der Waals surface area contributed by atoms with Crippen molar-refractivity contribution in [2.75, 3.05) is 6.54 Å². The van der Waals surface area contributed by atoms with Gasteiger partial charge in [-0.15, -0.1) is 0 Å². The quantitative estimate of drug-likeness (QED) is 0.673. The lowest BCUT2D eigenvalue weighted by Crippen LogP contribution is -2.45. The minimum atomic E-state index is -4.47. The smallest absolute Gasteiger partial charge is 0.384 e. The van der Waals surface area contributed by atoms with Crippen molar-refractivity contribution < 1.29 is 23.1 Å². The molecule has 130 valence electrons. The Morgan fingerprint density at radius 2 is 1.87 bits per heavy atom. The molecule has 23 heavy (non-hydrogen) atoms. The Kier molecular flexibility index (Phi) is 6.58. The molecule has 0 saturated carbocycles. The number of rotatable bonds is 7. The number of hydrogen-bond donors (Lipinski definition) is 3. The van der Waals surface area contributed by atoms with E-state index < -0.39 is 17.3 Å². The SMILES string of the molecule is CC(C)CCC(=O)NNCC(C)(O)c1cccc(C(F)(F)F)c1. The molecule has 0 aliphatic rings. The lowest BCUT2D eigenvalue weighted by molar-refractivity contribution is -0.137. The zero-order valence-electron chi connectivity index (χ0n) is 13.5. The average molecular weight is 332 g/mol. The van der Waals surface area contributed by atoms with Gasteiger partial charge in [-0.2, -0.15) is 13.2 Å². The van der Waals surface area contributed by atoms with Crippen LogP contribution >= 0.6 is 0 Å². The van der Waals surface area contributed by atoms with Crippen LogP contribution in [0.2, 0.25) is 0 Å². The van der Waals surface area contributed by atoms with Crippen LogP contribution in [0.15, 0.2) is 24.3 Å². The normalized spacial score (nSPS) is 14.6. The number of hydrazine groups is 1. The van der Waals surface area contributed by atoms with Gasteiger partial charge < -0.3 is 5.11 Å². The lowest BCUT2D eigenvalue weighted by Gasteiger charge is -2.25. The summed E-state index contributed by atoms with van der Waals surface area (Å²) in [6.07, 6.45) is -3.39. The molecule has 0 radical (unpaired) electrons. The van der Waals surface area contributed by atoms with Crippen LogP contribution in [-0.2, 0) is 16.6 Å². The maximum atomic E-state index is 12.7. The van der Waals surface area contributed by atoms with Gasteiger partial charge in [-0.05, 0) is 37.0 Å². The van der Waals surface area contributed by atoms with E-state index in [0.29, 0.717) is 12.3 Å². The minimum Gasteiger partial charge on any atom is -0.384 e. The molecule has 7 heteroatoms. The predicted octanol–water partition coefficient (Wildman–Crippen LogP) is 2.97. The van der Waals surface area contributed by atoms with Crippen molar-refractivity contribution in [1.82, 2.24) is 10.9 Å². The van der Waals surface area contributed by atoms with Crippen LogP contribution < -0.4 is 10.9 Å². The Hall–Kier alpha value is -1.60. The summed E-state index contributed by atoms with van der Waals surface area (Å²) in [6, 6.07) is 4.51. The van der Waals surface area contributed by atoms with Gasteiger partial charge in [0.25, 0.3) is 0 Å². The fourth-order valence-electron chi connectivity index (χ4n) is 1.93. The molecule has 1 aromatic carbocycles. The molecule has 0 aromatic heterocycles. The van der Waals surface area contributed by atoms with Crippen molar-refractivity contribution in [2.24, 2.45) is 5.92 Å². The van der Waals surface area contributed by atoms with Gasteiger partial charge in [0.05, 0.1) is 5.56 Å². The first-order valence-corrected chi connectivity index (χ1v) is 7.44. The van der Waals surface area contributed by atoms with E-state index in [0.717, 1.165) is 18.6 Å². The van der Waals surface area contributed by atoms with Gasteiger partial charge in [-0.3, -0.25) is 10.2 Å². The molecule has 1 rings (SSSR count). The van der Waals surface area contributed by atoms with Crippen molar-refractivity contribution >= 4 is 5.91 Å². The fraction of sp³-hybridized carbons (Fsp3) is 0.562. The molecule has 0 bridgehead atoms. The van der Waals surface area contributed by atoms with E-state index in [1.807, 2.05) is 13.8 Å². The van der Waals surface area contributed by atoms with Gasteiger partial charge in [0.1, 0.15) is 5.60 Å². The molecule has 0 spiro atoms. The van der Waals surface area contributed by atoms with Crippen LogP contribution in [0.25, 0.3) is 0 Å². The Morgan fingerprint density at radius 3 is 2.43 bits per heavy atom. The Morgan fingerprint density at radius 1 is 1.26 bits per heavy atom. The number of benzene rings is 1. The lowest BCUT2D eigenvalue weighted by atomic mass is 9.94. The summed E-state index contributed by atoms with van der Waals surface area (Å²) in [4.78, 5) is 11.6. The third kappa shape index (κ3) is 6.58. The molecule has 0 heterocycles. The van der Waals surface area contributed by atoms with Crippen molar-refractivity contribution in [2.45, 2.75) is 45.4 Å². The number of carbonyl (C=O) groups excluding carboxylic acids is 1. The van der Waals surface area contributed by atoms with E-state index in [-0.39, 0.29) is 18.0 Å². The third-order valence-corrected chi connectivity index (χ3v) is 3.42. The molecule has 4 nitrogen and oxygen atoms in total. The van der Waals surface area contributed by atoms with Crippen molar-refractivity contribution in [3.63, 3.8) is 0 Å². The van der Waals surface area contributed by atoms with Crippen LogP contribution in [0, 0.1) is 5.92 Å². The van der Waals surface area contributed by atoms with Gasteiger partial charge in [0.15, 0.2) is 0 Å². The van der Waals surface area contributed by atoms with Gasteiger partial charge in [0, 0.05) is 13.0 Å². The molecule has 1 atom stereocenters. The number of aliphatic hydroxyl groups is 1. The molecule has 1 aromatic rings. The van der Waals surface area contributed by atoms with Gasteiger partial charge in [0.2, 0.25) is 5.91 Å². The molecule has 0 aliphatic carbocycles. The van der Waals surface area contributed by atoms with E-state index in [9.17, 15) is 23.1 Å². The largest absolute Gasteiger partial charge is 0.416 e. The van der Waals surface area contributed by atoms with Gasteiger partial charge in [-0.25, -0.2) is 5.43 Å². The molecular weight excluding hydrogens is 309 g/mol. The summed E-state index contributed by atoms with van der Waals surface area (Å²) in [5, 5.41) is 10.3. The van der Waals surface area contributed by atoms with Crippen LogP contribution in [0.5, 0.6) is 0 Å². The van der Waals surface area contributed by atoms with Gasteiger partial charge in [-0.1, -0.05) is 26.0 Å². The molecule has 0 saturated heterocycles. The highest BCUT2D eigenvalue weighted by Crippen LogP contribution is 2.31. The summed E-state index contributed by atoms with van der Waals surface area (Å²) >= 11 is 0. The molecule has 1 amide bonds. The first-order chi connectivity index (χ1) is 10.5. The second kappa shape index (κ2) is 7.79. The maximum absolute atomic E-state index is 12.7. The highest BCUT2D eigenvalue weighted by Gasteiger charge is 2.32. The monoisotopic (exact) mass is 332 g/mol. The second-order valence-electron chi connectivity index (χ2n) is 6.19. The molecule has 0 fully saturated rings. The topological polar surface area (TPSA) is 61.4 Å². The summed E-state index contributed by atoms with van der Waals surface area (Å²) < 4.78 is 38.1. The zero-order valence-corrected chi connectivity index (χ0v) is 13.5. The predicted molar refractivity (Wildman–Crippen MR) is 81.2 cm³/mol. The fourth-order valence-corrected chi connectivity index (χ4v) is 1.93. The number of alkyl halides is 3. The highest BCUT2D eigenvalue weighted by atomic mass is 19.4. The number of carbonyl (C=O) groups is 1. The van der Waals surface area contributed by atoms with Crippen molar-refractivity contribution in [3.8, 4) is 0 Å². The standard InChI is InChI=1S/C16H23F3N2O2/c1-11(2)7-8-14(22)21-20-10-15(3,23)12-5-4-6-13(9-12)16(17,18)19/h4-6,9,11,20,23H,7-8,10H2,1-3H3,(H,21,22). The Bertz CT molecular complexity index is 528. The van der Waals surface area contributed by atoms with E-state index in [1.165, 1.54) is 19.1 Å². The minimum absolute atomic E-state index is 0.109.